The zero-order valence-electron chi connectivity index (χ0n) is 14.0. The van der Waals surface area contributed by atoms with E-state index in [0.29, 0.717) is 12.2 Å². The van der Waals surface area contributed by atoms with Gasteiger partial charge in [0.1, 0.15) is 5.69 Å². The van der Waals surface area contributed by atoms with E-state index in [9.17, 15) is 9.59 Å². The van der Waals surface area contributed by atoms with Crippen molar-refractivity contribution >= 4 is 39.1 Å². The van der Waals surface area contributed by atoms with Crippen LogP contribution in [0.3, 0.4) is 0 Å². The van der Waals surface area contributed by atoms with Crippen molar-refractivity contribution in [3.8, 4) is 0 Å². The van der Waals surface area contributed by atoms with Crippen LogP contribution in [0.1, 0.15) is 42.9 Å². The van der Waals surface area contributed by atoms with Crippen LogP contribution in [0.4, 0.5) is 11.4 Å². The van der Waals surface area contributed by atoms with Crippen molar-refractivity contribution in [3.05, 3.63) is 46.2 Å². The lowest BCUT2D eigenvalue weighted by Gasteiger charge is -2.15. The quantitative estimate of drug-likeness (QED) is 0.862. The highest BCUT2D eigenvalue weighted by Gasteiger charge is 2.23. The lowest BCUT2D eigenvalue weighted by Crippen LogP contribution is -2.25. The first kappa shape index (κ1) is 16.8. The summed E-state index contributed by atoms with van der Waals surface area (Å²) in [5, 5.41) is 2.96. The van der Waals surface area contributed by atoms with E-state index in [4.69, 9.17) is 0 Å². The number of amides is 2. The van der Waals surface area contributed by atoms with Crippen molar-refractivity contribution in [2.24, 2.45) is 0 Å². The Bertz CT molecular complexity index is 811. The number of carbonyl (C=O) groups excluding carboxylic acids is 2. The van der Waals surface area contributed by atoms with Gasteiger partial charge in [0.2, 0.25) is 5.91 Å². The van der Waals surface area contributed by atoms with Crippen LogP contribution in [0.5, 0.6) is 0 Å². The average Bonchev–Trinajstić information content (AvgIpc) is 3.10. The summed E-state index contributed by atoms with van der Waals surface area (Å²) in [6.07, 6.45) is 2.72. The highest BCUT2D eigenvalue weighted by Crippen LogP contribution is 2.31. The molecule has 3 rings (SSSR count). The second-order valence-electron chi connectivity index (χ2n) is 6.26. The van der Waals surface area contributed by atoms with Gasteiger partial charge in [-0.1, -0.05) is 0 Å². The molecule has 0 bridgehead atoms. The summed E-state index contributed by atoms with van der Waals surface area (Å²) in [5.41, 5.74) is 3.39. The largest absolute Gasteiger partial charge is 0.340 e. The molecule has 1 aromatic heterocycles. The zero-order chi connectivity index (χ0) is 17.4. The molecule has 0 spiro atoms. The van der Waals surface area contributed by atoms with E-state index in [1.165, 1.54) is 0 Å². The molecular weight excluding hydrogens is 370 g/mol. The molecule has 1 aromatic carbocycles. The number of aromatic nitrogens is 1. The molecule has 1 aliphatic rings. The summed E-state index contributed by atoms with van der Waals surface area (Å²) in [6.45, 7) is 6.35. The lowest BCUT2D eigenvalue weighted by molar-refractivity contribution is -0.116. The highest BCUT2D eigenvalue weighted by atomic mass is 79.9. The van der Waals surface area contributed by atoms with E-state index >= 15 is 0 Å². The predicted molar refractivity (Wildman–Crippen MR) is 98.6 cm³/mol. The molecule has 24 heavy (non-hydrogen) atoms. The highest BCUT2D eigenvalue weighted by molar-refractivity contribution is 9.10. The van der Waals surface area contributed by atoms with E-state index in [1.807, 2.05) is 48.9 Å². The molecule has 0 unspecified atom stereocenters. The van der Waals surface area contributed by atoms with Crippen molar-refractivity contribution in [1.82, 2.24) is 4.57 Å². The number of nitrogens with zero attached hydrogens (tertiary/aromatic N) is 2. The van der Waals surface area contributed by atoms with Crippen LogP contribution >= 0.6 is 15.9 Å². The Morgan fingerprint density at radius 2 is 2.00 bits per heavy atom. The molecule has 0 saturated carbocycles. The summed E-state index contributed by atoms with van der Waals surface area (Å²) in [6, 6.07) is 7.71. The lowest BCUT2D eigenvalue weighted by atomic mass is 10.1. The van der Waals surface area contributed by atoms with Crippen LogP contribution in [-0.4, -0.2) is 22.9 Å². The first-order chi connectivity index (χ1) is 11.4. The molecule has 5 nitrogen and oxygen atoms in total. The standard InChI is InChI=1S/C18H20BrN3O2/c1-11(2)22-10-14(19)9-17(22)18(24)20-15-4-5-16-13(8-15)6-7-21(16)12(3)23/h4-5,8-11H,6-7H2,1-3H3,(H,20,24). The minimum atomic E-state index is -0.143. The van der Waals surface area contributed by atoms with Gasteiger partial charge in [0.15, 0.2) is 0 Å². The van der Waals surface area contributed by atoms with Gasteiger partial charge >= 0.3 is 0 Å². The SMILES string of the molecule is CC(=O)N1CCc2cc(NC(=O)c3cc(Br)cn3C(C)C)ccc21. The van der Waals surface area contributed by atoms with Gasteiger partial charge in [-0.2, -0.15) is 0 Å². The van der Waals surface area contributed by atoms with E-state index in [2.05, 4.69) is 21.2 Å². The Labute approximate surface area is 149 Å². The first-order valence-corrected chi connectivity index (χ1v) is 8.76. The predicted octanol–water partition coefficient (Wildman–Crippen LogP) is 3.99. The molecule has 126 valence electrons. The molecule has 2 amide bonds. The summed E-state index contributed by atoms with van der Waals surface area (Å²) in [7, 11) is 0. The van der Waals surface area contributed by atoms with Crippen molar-refractivity contribution in [1.29, 1.82) is 0 Å². The molecule has 0 aliphatic carbocycles. The number of fused-ring (bicyclic) bond motifs is 1. The van der Waals surface area contributed by atoms with Crippen LogP contribution in [0.15, 0.2) is 34.9 Å². The maximum absolute atomic E-state index is 12.6. The molecule has 2 heterocycles. The number of benzene rings is 1. The Balaban J connectivity index is 1.83. The van der Waals surface area contributed by atoms with Gasteiger partial charge in [-0.05, 0) is 66.0 Å². The normalized spacial score (nSPS) is 13.3. The number of carbonyl (C=O) groups is 2. The Morgan fingerprint density at radius 3 is 2.67 bits per heavy atom. The summed E-state index contributed by atoms with van der Waals surface area (Å²) in [5.74, 6) is -0.0964. The Hall–Kier alpha value is -2.08. The number of anilines is 2. The average molecular weight is 390 g/mol. The van der Waals surface area contributed by atoms with Crippen molar-refractivity contribution in [2.45, 2.75) is 33.2 Å². The topological polar surface area (TPSA) is 54.3 Å². The van der Waals surface area contributed by atoms with E-state index < -0.39 is 0 Å². The van der Waals surface area contributed by atoms with Gasteiger partial charge in [0.05, 0.1) is 0 Å². The smallest absolute Gasteiger partial charge is 0.272 e. The van der Waals surface area contributed by atoms with Crippen molar-refractivity contribution < 1.29 is 9.59 Å². The van der Waals surface area contributed by atoms with Gasteiger partial charge in [0, 0.05) is 41.6 Å². The van der Waals surface area contributed by atoms with Crippen LogP contribution < -0.4 is 10.2 Å². The molecule has 0 atom stereocenters. The third-order valence-corrected chi connectivity index (χ3v) is 4.65. The van der Waals surface area contributed by atoms with Gasteiger partial charge < -0.3 is 14.8 Å². The minimum Gasteiger partial charge on any atom is -0.340 e. The van der Waals surface area contributed by atoms with E-state index in [-0.39, 0.29) is 17.9 Å². The molecule has 6 heteroatoms. The minimum absolute atomic E-state index is 0.0464. The second-order valence-corrected chi connectivity index (χ2v) is 7.18. The number of hydrogen-bond acceptors (Lipinski definition) is 2. The van der Waals surface area contributed by atoms with Crippen LogP contribution in [0.2, 0.25) is 0 Å². The van der Waals surface area contributed by atoms with Crippen molar-refractivity contribution in [2.75, 3.05) is 16.8 Å². The maximum atomic E-state index is 12.6. The van der Waals surface area contributed by atoms with E-state index in [0.717, 1.165) is 27.8 Å². The van der Waals surface area contributed by atoms with Gasteiger partial charge in [-0.3, -0.25) is 9.59 Å². The van der Waals surface area contributed by atoms with Gasteiger partial charge in [-0.25, -0.2) is 0 Å². The number of halogens is 1. The van der Waals surface area contributed by atoms with Crippen LogP contribution in [0.25, 0.3) is 0 Å². The Morgan fingerprint density at radius 1 is 1.25 bits per heavy atom. The summed E-state index contributed by atoms with van der Waals surface area (Å²) in [4.78, 5) is 26.0. The fraction of sp³-hybridized carbons (Fsp3) is 0.333. The second kappa shape index (κ2) is 6.43. The third kappa shape index (κ3) is 3.11. The van der Waals surface area contributed by atoms with Crippen LogP contribution in [-0.2, 0) is 11.2 Å². The molecule has 0 fully saturated rings. The van der Waals surface area contributed by atoms with Gasteiger partial charge in [-0.15, -0.1) is 0 Å². The number of nitrogens with one attached hydrogen (secondary N) is 1. The molecule has 1 N–H and O–H groups in total. The molecule has 0 radical (unpaired) electrons. The summed E-state index contributed by atoms with van der Waals surface area (Å²) < 4.78 is 2.82. The maximum Gasteiger partial charge on any atom is 0.272 e. The molecule has 2 aromatic rings. The summed E-state index contributed by atoms with van der Waals surface area (Å²) >= 11 is 3.43. The fourth-order valence-electron chi connectivity index (χ4n) is 3.06. The monoisotopic (exact) mass is 389 g/mol. The molecule has 0 saturated heterocycles. The molecular formula is C18H20BrN3O2. The van der Waals surface area contributed by atoms with E-state index in [1.54, 1.807) is 11.8 Å². The van der Waals surface area contributed by atoms with Crippen molar-refractivity contribution in [3.63, 3.8) is 0 Å². The van der Waals surface area contributed by atoms with Gasteiger partial charge in [0.25, 0.3) is 5.91 Å². The Kier molecular flexibility index (Phi) is 4.49. The number of rotatable bonds is 3. The van der Waals surface area contributed by atoms with Crippen LogP contribution in [0, 0.1) is 0 Å². The first-order valence-electron chi connectivity index (χ1n) is 7.96. The molecule has 1 aliphatic heterocycles. The number of hydrogen-bond donors (Lipinski definition) is 1. The zero-order valence-corrected chi connectivity index (χ0v) is 15.6. The fourth-order valence-corrected chi connectivity index (χ4v) is 3.49. The third-order valence-electron chi connectivity index (χ3n) is 4.22.